The molecule has 0 bridgehead atoms. The van der Waals surface area contributed by atoms with E-state index in [2.05, 4.69) is 5.32 Å². The van der Waals surface area contributed by atoms with E-state index in [0.29, 0.717) is 24.4 Å². The molecule has 0 spiro atoms. The molecule has 0 aromatic heterocycles. The number of carbonyl (C=O) groups is 1. The summed E-state index contributed by atoms with van der Waals surface area (Å²) in [5.41, 5.74) is 6.02. The summed E-state index contributed by atoms with van der Waals surface area (Å²) in [6, 6.07) is 4.72. The van der Waals surface area contributed by atoms with E-state index >= 15 is 0 Å². The van der Waals surface area contributed by atoms with Gasteiger partial charge in [0.1, 0.15) is 5.75 Å². The van der Waals surface area contributed by atoms with Gasteiger partial charge in [0.2, 0.25) is 15.9 Å². The SMILES string of the molecule is COc1ccc(S(=O)(=O)N2CCCCC2CNC(=O)CCN)c(C)c1.Cl. The number of carbonyl (C=O) groups excluding carboxylic acids is 1. The lowest BCUT2D eigenvalue weighted by Crippen LogP contribution is -2.49. The Kier molecular flexibility index (Phi) is 8.82. The summed E-state index contributed by atoms with van der Waals surface area (Å²) in [7, 11) is -2.08. The molecular weight excluding hydrogens is 378 g/mol. The van der Waals surface area contributed by atoms with Crippen LogP contribution >= 0.6 is 12.4 Å². The molecule has 1 aromatic rings. The van der Waals surface area contributed by atoms with Crippen molar-refractivity contribution in [2.45, 2.75) is 43.5 Å². The highest BCUT2D eigenvalue weighted by Gasteiger charge is 2.34. The third-order valence-corrected chi connectivity index (χ3v) is 6.56. The van der Waals surface area contributed by atoms with Crippen molar-refractivity contribution < 1.29 is 17.9 Å². The number of piperidine rings is 1. The fourth-order valence-electron chi connectivity index (χ4n) is 3.11. The molecule has 1 saturated heterocycles. The molecule has 1 aliphatic heterocycles. The van der Waals surface area contributed by atoms with E-state index < -0.39 is 10.0 Å². The van der Waals surface area contributed by atoms with Crippen molar-refractivity contribution in [2.75, 3.05) is 26.7 Å². The summed E-state index contributed by atoms with van der Waals surface area (Å²) in [6.45, 7) is 2.82. The Morgan fingerprint density at radius 1 is 1.38 bits per heavy atom. The summed E-state index contributed by atoms with van der Waals surface area (Å²) < 4.78 is 33.0. The van der Waals surface area contributed by atoms with Crippen LogP contribution in [0.5, 0.6) is 5.75 Å². The van der Waals surface area contributed by atoms with Crippen LogP contribution < -0.4 is 15.8 Å². The van der Waals surface area contributed by atoms with Gasteiger partial charge >= 0.3 is 0 Å². The molecular formula is C17H28ClN3O4S. The number of ether oxygens (including phenoxy) is 1. The molecule has 0 aliphatic carbocycles. The third-order valence-electron chi connectivity index (χ3n) is 4.45. The Morgan fingerprint density at radius 3 is 2.73 bits per heavy atom. The second-order valence-electron chi connectivity index (χ2n) is 6.24. The minimum Gasteiger partial charge on any atom is -0.497 e. The van der Waals surface area contributed by atoms with Crippen LogP contribution in [0, 0.1) is 6.92 Å². The molecule has 1 atom stereocenters. The predicted octanol–water partition coefficient (Wildman–Crippen LogP) is 1.43. The molecule has 3 N–H and O–H groups in total. The zero-order chi connectivity index (χ0) is 18.4. The molecule has 1 aliphatic rings. The Balaban J connectivity index is 0.00000338. The summed E-state index contributed by atoms with van der Waals surface area (Å²) in [4.78, 5) is 11.9. The van der Waals surface area contributed by atoms with E-state index in [1.165, 1.54) is 4.31 Å². The van der Waals surface area contributed by atoms with Crippen LogP contribution in [0.15, 0.2) is 23.1 Å². The van der Waals surface area contributed by atoms with Crippen molar-refractivity contribution in [3.63, 3.8) is 0 Å². The van der Waals surface area contributed by atoms with E-state index in [0.717, 1.165) is 19.3 Å². The number of hydrogen-bond donors (Lipinski definition) is 2. The first-order chi connectivity index (χ1) is 11.9. The van der Waals surface area contributed by atoms with Gasteiger partial charge in [-0.05, 0) is 43.5 Å². The van der Waals surface area contributed by atoms with E-state index in [9.17, 15) is 13.2 Å². The summed E-state index contributed by atoms with van der Waals surface area (Å²) in [6.07, 6.45) is 2.75. The Bertz CT molecular complexity index is 712. The maximum Gasteiger partial charge on any atom is 0.243 e. The van der Waals surface area contributed by atoms with Crippen molar-refractivity contribution in [3.8, 4) is 5.75 Å². The lowest BCUT2D eigenvalue weighted by molar-refractivity contribution is -0.121. The first-order valence-electron chi connectivity index (χ1n) is 8.53. The highest BCUT2D eigenvalue weighted by molar-refractivity contribution is 7.89. The largest absolute Gasteiger partial charge is 0.497 e. The molecule has 1 heterocycles. The van der Waals surface area contributed by atoms with E-state index in [1.807, 2.05) is 0 Å². The van der Waals surface area contributed by atoms with Gasteiger partial charge in [0.15, 0.2) is 0 Å². The van der Waals surface area contributed by atoms with Crippen molar-refractivity contribution in [3.05, 3.63) is 23.8 Å². The average molecular weight is 406 g/mol. The van der Waals surface area contributed by atoms with Gasteiger partial charge < -0.3 is 15.8 Å². The minimum absolute atomic E-state index is 0. The van der Waals surface area contributed by atoms with Crippen LogP contribution in [0.25, 0.3) is 0 Å². The number of hydrogen-bond acceptors (Lipinski definition) is 5. The second-order valence-corrected chi connectivity index (χ2v) is 8.10. The molecule has 0 radical (unpaired) electrons. The predicted molar refractivity (Wildman–Crippen MR) is 103 cm³/mol. The number of methoxy groups -OCH3 is 1. The van der Waals surface area contributed by atoms with Crippen LogP contribution in [-0.4, -0.2) is 51.4 Å². The molecule has 1 fully saturated rings. The van der Waals surface area contributed by atoms with Crippen LogP contribution in [0.2, 0.25) is 0 Å². The summed E-state index contributed by atoms with van der Waals surface area (Å²) in [5, 5.41) is 2.79. The molecule has 2 rings (SSSR count). The highest BCUT2D eigenvalue weighted by Crippen LogP contribution is 2.28. The van der Waals surface area contributed by atoms with Gasteiger partial charge in [-0.25, -0.2) is 8.42 Å². The van der Waals surface area contributed by atoms with Crippen molar-refractivity contribution in [1.29, 1.82) is 0 Å². The number of nitrogens with zero attached hydrogens (tertiary/aromatic N) is 1. The normalized spacial score (nSPS) is 18.0. The molecule has 1 aromatic carbocycles. The van der Waals surface area contributed by atoms with Gasteiger partial charge in [-0.2, -0.15) is 4.31 Å². The molecule has 9 heteroatoms. The Morgan fingerprint density at radius 2 is 2.12 bits per heavy atom. The van der Waals surface area contributed by atoms with Gasteiger partial charge in [0.25, 0.3) is 0 Å². The number of aryl methyl sites for hydroxylation is 1. The van der Waals surface area contributed by atoms with E-state index in [4.69, 9.17) is 10.5 Å². The van der Waals surface area contributed by atoms with E-state index in [-0.39, 0.29) is 42.2 Å². The topological polar surface area (TPSA) is 102 Å². The first kappa shape index (κ1) is 22.7. The molecule has 1 amide bonds. The average Bonchev–Trinajstić information content (AvgIpc) is 2.60. The number of halogens is 1. The zero-order valence-electron chi connectivity index (χ0n) is 15.2. The van der Waals surface area contributed by atoms with Gasteiger partial charge in [-0.3, -0.25) is 4.79 Å². The number of amides is 1. The number of rotatable bonds is 7. The van der Waals surface area contributed by atoms with Crippen molar-refractivity contribution in [1.82, 2.24) is 9.62 Å². The Hall–Kier alpha value is -1.35. The number of sulfonamides is 1. The first-order valence-corrected chi connectivity index (χ1v) is 9.97. The molecule has 7 nitrogen and oxygen atoms in total. The molecule has 0 saturated carbocycles. The zero-order valence-corrected chi connectivity index (χ0v) is 16.9. The van der Waals surface area contributed by atoms with Crippen LogP contribution in [0.3, 0.4) is 0 Å². The lowest BCUT2D eigenvalue weighted by atomic mass is 10.1. The number of nitrogens with two attached hydrogens (primary N) is 1. The molecule has 1 unspecified atom stereocenters. The van der Waals surface area contributed by atoms with Crippen LogP contribution in [0.1, 0.15) is 31.2 Å². The van der Waals surface area contributed by atoms with Crippen LogP contribution in [0.4, 0.5) is 0 Å². The minimum atomic E-state index is -3.63. The summed E-state index contributed by atoms with van der Waals surface area (Å²) >= 11 is 0. The van der Waals surface area contributed by atoms with Crippen LogP contribution in [-0.2, 0) is 14.8 Å². The molecule has 26 heavy (non-hydrogen) atoms. The number of benzene rings is 1. The smallest absolute Gasteiger partial charge is 0.243 e. The van der Waals surface area contributed by atoms with Gasteiger partial charge in [-0.1, -0.05) is 6.42 Å². The second kappa shape index (κ2) is 10.1. The maximum atomic E-state index is 13.1. The van der Waals surface area contributed by atoms with Gasteiger partial charge in [0.05, 0.1) is 12.0 Å². The Labute approximate surface area is 161 Å². The molecule has 148 valence electrons. The quantitative estimate of drug-likeness (QED) is 0.714. The maximum absolute atomic E-state index is 13.1. The lowest BCUT2D eigenvalue weighted by Gasteiger charge is -2.35. The standard InChI is InChI=1S/C17H27N3O4S.ClH/c1-13-11-15(24-2)6-7-16(13)25(22,23)20-10-4-3-5-14(20)12-19-17(21)8-9-18;/h6-7,11,14H,3-5,8-10,12,18H2,1-2H3,(H,19,21);1H. The van der Waals surface area contributed by atoms with Crippen molar-refractivity contribution in [2.24, 2.45) is 5.73 Å². The fraction of sp³-hybridized carbons (Fsp3) is 0.588. The summed E-state index contributed by atoms with van der Waals surface area (Å²) in [5.74, 6) is 0.478. The van der Waals surface area contributed by atoms with Gasteiger partial charge in [-0.15, -0.1) is 12.4 Å². The van der Waals surface area contributed by atoms with Crippen molar-refractivity contribution >= 4 is 28.3 Å². The monoisotopic (exact) mass is 405 g/mol. The van der Waals surface area contributed by atoms with Gasteiger partial charge in [0, 0.05) is 32.1 Å². The fourth-order valence-corrected chi connectivity index (χ4v) is 5.01. The number of nitrogens with one attached hydrogen (secondary N) is 1. The highest BCUT2D eigenvalue weighted by atomic mass is 35.5. The van der Waals surface area contributed by atoms with E-state index in [1.54, 1.807) is 32.2 Å². The third kappa shape index (κ3) is 5.33.